The van der Waals surface area contributed by atoms with E-state index in [4.69, 9.17) is 16.6 Å². The van der Waals surface area contributed by atoms with Crippen molar-refractivity contribution in [3.8, 4) is 0 Å². The molecule has 0 saturated heterocycles. The van der Waals surface area contributed by atoms with Gasteiger partial charge in [-0.2, -0.15) is 11.8 Å². The Hall–Kier alpha value is -0.280. The van der Waals surface area contributed by atoms with Crippen molar-refractivity contribution < 1.29 is 0 Å². The lowest BCUT2D eigenvalue weighted by molar-refractivity contribution is 0.584. The Morgan fingerprint density at radius 3 is 2.88 bits per heavy atom. The highest BCUT2D eigenvalue weighted by atomic mass is 35.5. The van der Waals surface area contributed by atoms with Crippen LogP contribution >= 0.6 is 23.4 Å². The maximum Gasteiger partial charge on any atom is 0.137 e. The maximum absolute atomic E-state index is 6.23. The van der Waals surface area contributed by atoms with Gasteiger partial charge in [-0.1, -0.05) is 18.5 Å². The second-order valence-electron chi connectivity index (χ2n) is 4.91. The summed E-state index contributed by atoms with van der Waals surface area (Å²) in [5, 5.41) is 0.699. The van der Waals surface area contributed by atoms with Crippen molar-refractivity contribution in [3.63, 3.8) is 0 Å². The summed E-state index contributed by atoms with van der Waals surface area (Å²) in [7, 11) is 0. The normalized spacial score (nSPS) is 28.4. The molecular weight excluding hydrogens is 240 g/mol. The second-order valence-corrected chi connectivity index (χ2v) is 6.25. The van der Waals surface area contributed by atoms with Gasteiger partial charge in [-0.05, 0) is 25.2 Å². The zero-order valence-electron chi connectivity index (χ0n) is 9.37. The summed E-state index contributed by atoms with van der Waals surface area (Å²) < 4.78 is 0. The predicted octanol–water partition coefficient (Wildman–Crippen LogP) is 3.78. The molecule has 1 fully saturated rings. The Balaban J connectivity index is 1.94. The molecule has 86 valence electrons. The van der Waals surface area contributed by atoms with Crippen LogP contribution in [0.2, 0.25) is 5.15 Å². The molecule has 0 amide bonds. The molecular formula is C12H15ClN2S. The molecule has 0 spiro atoms. The van der Waals surface area contributed by atoms with Crippen molar-refractivity contribution in [1.29, 1.82) is 0 Å². The summed E-state index contributed by atoms with van der Waals surface area (Å²) in [6.45, 7) is 2.31. The highest BCUT2D eigenvalue weighted by Crippen LogP contribution is 2.39. The van der Waals surface area contributed by atoms with Crippen molar-refractivity contribution in [2.75, 3.05) is 0 Å². The van der Waals surface area contributed by atoms with Crippen molar-refractivity contribution >= 4 is 23.4 Å². The molecule has 1 aliphatic heterocycles. The van der Waals surface area contributed by atoms with Gasteiger partial charge in [0.25, 0.3) is 0 Å². The summed E-state index contributed by atoms with van der Waals surface area (Å²) in [5.74, 6) is 4.34. The molecule has 2 nitrogen and oxygen atoms in total. The van der Waals surface area contributed by atoms with Crippen LogP contribution in [0.1, 0.15) is 49.2 Å². The van der Waals surface area contributed by atoms with Crippen molar-refractivity contribution in [1.82, 2.24) is 9.97 Å². The maximum atomic E-state index is 6.23. The van der Waals surface area contributed by atoms with Gasteiger partial charge >= 0.3 is 0 Å². The fourth-order valence-electron chi connectivity index (χ4n) is 2.65. The molecule has 2 atom stereocenters. The molecule has 0 aromatic carbocycles. The van der Waals surface area contributed by atoms with Gasteiger partial charge in [0.05, 0.1) is 5.69 Å². The highest BCUT2D eigenvalue weighted by molar-refractivity contribution is 7.98. The zero-order chi connectivity index (χ0) is 11.1. The number of halogens is 1. The Morgan fingerprint density at radius 2 is 2.12 bits per heavy atom. The molecule has 1 saturated carbocycles. The number of thioether (sulfide) groups is 1. The van der Waals surface area contributed by atoms with E-state index in [-0.39, 0.29) is 0 Å². The molecule has 2 heterocycles. The summed E-state index contributed by atoms with van der Waals surface area (Å²) >= 11 is 8.11. The molecule has 1 aromatic heterocycles. The molecule has 16 heavy (non-hydrogen) atoms. The van der Waals surface area contributed by atoms with Gasteiger partial charge in [-0.15, -0.1) is 0 Å². The lowest BCUT2D eigenvalue weighted by atomic mass is 10.1. The van der Waals surface area contributed by atoms with E-state index in [1.807, 2.05) is 11.8 Å². The first kappa shape index (κ1) is 10.8. The second kappa shape index (κ2) is 4.19. The van der Waals surface area contributed by atoms with Crippen LogP contribution in [0, 0.1) is 5.92 Å². The minimum Gasteiger partial charge on any atom is -0.236 e. The van der Waals surface area contributed by atoms with Crippen LogP contribution in [0.25, 0.3) is 0 Å². The fraction of sp³-hybridized carbons (Fsp3) is 0.667. The van der Waals surface area contributed by atoms with Crippen LogP contribution in [0.3, 0.4) is 0 Å². The number of aromatic nitrogens is 2. The quantitative estimate of drug-likeness (QED) is 0.714. The number of hydrogen-bond donors (Lipinski definition) is 0. The largest absolute Gasteiger partial charge is 0.236 e. The van der Waals surface area contributed by atoms with Crippen LogP contribution in [0.5, 0.6) is 0 Å². The first-order valence-corrected chi connectivity index (χ1v) is 7.40. The monoisotopic (exact) mass is 254 g/mol. The van der Waals surface area contributed by atoms with E-state index in [0.29, 0.717) is 11.1 Å². The molecule has 3 rings (SSSR count). The average Bonchev–Trinajstić information content (AvgIpc) is 2.85. The Kier molecular flexibility index (Phi) is 2.84. The first-order valence-electron chi connectivity index (χ1n) is 5.87. The molecule has 0 bridgehead atoms. The number of nitrogens with zero attached hydrogens (tertiary/aromatic N) is 2. The lowest BCUT2D eigenvalue weighted by Crippen LogP contribution is -2.05. The van der Waals surface area contributed by atoms with Gasteiger partial charge < -0.3 is 0 Å². The van der Waals surface area contributed by atoms with Gasteiger partial charge in [-0.3, -0.25) is 0 Å². The van der Waals surface area contributed by atoms with E-state index in [1.54, 1.807) is 0 Å². The van der Waals surface area contributed by atoms with Gasteiger partial charge in [0.1, 0.15) is 11.0 Å². The van der Waals surface area contributed by atoms with Crippen LogP contribution in [0.15, 0.2) is 0 Å². The summed E-state index contributed by atoms with van der Waals surface area (Å²) in [4.78, 5) is 9.22. The van der Waals surface area contributed by atoms with Crippen molar-refractivity contribution in [2.45, 2.75) is 43.6 Å². The smallest absolute Gasteiger partial charge is 0.137 e. The topological polar surface area (TPSA) is 25.8 Å². The summed E-state index contributed by atoms with van der Waals surface area (Å²) in [6.07, 6.45) is 3.75. The number of fused-ring (bicyclic) bond motifs is 1. The molecule has 2 unspecified atom stereocenters. The van der Waals surface area contributed by atoms with E-state index < -0.39 is 0 Å². The molecule has 0 radical (unpaired) electrons. The highest BCUT2D eigenvalue weighted by Gasteiger charge is 2.27. The molecule has 1 aliphatic carbocycles. The van der Waals surface area contributed by atoms with Crippen LogP contribution in [0.4, 0.5) is 0 Å². The van der Waals surface area contributed by atoms with E-state index in [9.17, 15) is 0 Å². The molecule has 1 aromatic rings. The van der Waals surface area contributed by atoms with E-state index >= 15 is 0 Å². The van der Waals surface area contributed by atoms with E-state index in [2.05, 4.69) is 11.9 Å². The zero-order valence-corrected chi connectivity index (χ0v) is 10.9. The van der Waals surface area contributed by atoms with E-state index in [0.717, 1.165) is 23.2 Å². The van der Waals surface area contributed by atoms with Gasteiger partial charge in [0.15, 0.2) is 0 Å². The lowest BCUT2D eigenvalue weighted by Gasteiger charge is -2.10. The molecule has 2 aliphatic rings. The SMILES string of the molecule is CC1CCC(c2nc(Cl)c3c(n2)CSC3)C1. The van der Waals surface area contributed by atoms with Crippen LogP contribution in [-0.4, -0.2) is 9.97 Å². The summed E-state index contributed by atoms with van der Waals surface area (Å²) in [5.41, 5.74) is 2.35. The standard InChI is InChI=1S/C12H15ClN2S/c1-7-2-3-8(4-7)12-14-10-6-16-5-9(10)11(13)15-12/h7-8H,2-6H2,1H3. The number of hydrogen-bond acceptors (Lipinski definition) is 3. The van der Waals surface area contributed by atoms with Crippen molar-refractivity contribution in [2.24, 2.45) is 5.92 Å². The molecule has 0 N–H and O–H groups in total. The average molecular weight is 255 g/mol. The first-order chi connectivity index (χ1) is 7.74. The van der Waals surface area contributed by atoms with Gasteiger partial charge in [0, 0.05) is 23.0 Å². The minimum atomic E-state index is 0.545. The fourth-order valence-corrected chi connectivity index (χ4v) is 4.04. The number of rotatable bonds is 1. The van der Waals surface area contributed by atoms with Gasteiger partial charge in [-0.25, -0.2) is 9.97 Å². The summed E-state index contributed by atoms with van der Waals surface area (Å²) in [6, 6.07) is 0. The minimum absolute atomic E-state index is 0.545. The van der Waals surface area contributed by atoms with Crippen LogP contribution < -0.4 is 0 Å². The van der Waals surface area contributed by atoms with E-state index in [1.165, 1.54) is 30.5 Å². The third-order valence-corrected chi connectivity index (χ3v) is 4.89. The third kappa shape index (κ3) is 1.84. The van der Waals surface area contributed by atoms with Crippen molar-refractivity contribution in [3.05, 3.63) is 22.2 Å². The Morgan fingerprint density at radius 1 is 1.25 bits per heavy atom. The predicted molar refractivity (Wildman–Crippen MR) is 67.8 cm³/mol. The Bertz CT molecular complexity index is 422. The Labute approximate surface area is 105 Å². The molecule has 4 heteroatoms. The van der Waals surface area contributed by atoms with Crippen LogP contribution in [-0.2, 0) is 11.5 Å². The third-order valence-electron chi connectivity index (χ3n) is 3.60. The van der Waals surface area contributed by atoms with Gasteiger partial charge in [0.2, 0.25) is 0 Å².